The predicted molar refractivity (Wildman–Crippen MR) is 108 cm³/mol. The van der Waals surface area contributed by atoms with Gasteiger partial charge < -0.3 is 16.0 Å². The Hall–Kier alpha value is -2.37. The van der Waals surface area contributed by atoms with Crippen molar-refractivity contribution in [2.75, 3.05) is 6.54 Å². The molecule has 0 radical (unpaired) electrons. The second kappa shape index (κ2) is 10.1. The summed E-state index contributed by atoms with van der Waals surface area (Å²) >= 11 is 0. The molecule has 0 saturated heterocycles. The van der Waals surface area contributed by atoms with Crippen molar-refractivity contribution in [2.24, 2.45) is 5.73 Å². The summed E-state index contributed by atoms with van der Waals surface area (Å²) in [6, 6.07) is 17.4. The number of fused-ring (bicyclic) bond motifs is 1. The minimum Gasteiger partial charge on any atom is -0.356 e. The maximum absolute atomic E-state index is 12.3. The average molecular weight is 388 g/mol. The van der Waals surface area contributed by atoms with Gasteiger partial charge in [0.1, 0.15) is 0 Å². The zero-order chi connectivity index (χ0) is 18.4. The van der Waals surface area contributed by atoms with Crippen molar-refractivity contribution < 1.29 is 9.59 Å². The molecule has 1 aliphatic rings. The first-order valence-corrected chi connectivity index (χ1v) is 9.05. The van der Waals surface area contributed by atoms with Crippen LogP contribution in [0.4, 0.5) is 0 Å². The van der Waals surface area contributed by atoms with Gasteiger partial charge in [-0.15, -0.1) is 12.4 Å². The minimum absolute atomic E-state index is 0. The van der Waals surface area contributed by atoms with Crippen LogP contribution < -0.4 is 11.1 Å². The molecule has 5 nitrogen and oxygen atoms in total. The summed E-state index contributed by atoms with van der Waals surface area (Å²) in [6.07, 6.45) is 1.33. The number of halogens is 1. The molecule has 1 unspecified atom stereocenters. The third-order valence-corrected chi connectivity index (χ3v) is 4.72. The normalized spacial score (nSPS) is 13.4. The molecule has 3 N–H and O–H groups in total. The first kappa shape index (κ1) is 20.9. The lowest BCUT2D eigenvalue weighted by molar-refractivity contribution is -0.132. The highest BCUT2D eigenvalue weighted by molar-refractivity contribution is 5.85. The monoisotopic (exact) mass is 387 g/mol. The lowest BCUT2D eigenvalue weighted by Crippen LogP contribution is -2.30. The molecule has 27 heavy (non-hydrogen) atoms. The Kier molecular flexibility index (Phi) is 7.82. The first-order chi connectivity index (χ1) is 12.6. The molecule has 1 heterocycles. The van der Waals surface area contributed by atoms with Crippen LogP contribution in [-0.4, -0.2) is 23.3 Å². The van der Waals surface area contributed by atoms with Gasteiger partial charge in [0, 0.05) is 38.5 Å². The van der Waals surface area contributed by atoms with Crippen molar-refractivity contribution in [3.63, 3.8) is 0 Å². The van der Waals surface area contributed by atoms with Gasteiger partial charge >= 0.3 is 0 Å². The first-order valence-electron chi connectivity index (χ1n) is 9.05. The van der Waals surface area contributed by atoms with E-state index in [9.17, 15) is 9.59 Å². The number of nitrogens with zero attached hydrogens (tertiary/aromatic N) is 1. The summed E-state index contributed by atoms with van der Waals surface area (Å²) in [5.74, 6) is 0.0545. The summed E-state index contributed by atoms with van der Waals surface area (Å²) in [5, 5.41) is 2.86. The number of nitrogens with one attached hydrogen (secondary N) is 1. The van der Waals surface area contributed by atoms with E-state index >= 15 is 0 Å². The number of benzene rings is 2. The molecule has 2 amide bonds. The number of carbonyl (C=O) groups is 2. The number of carbonyl (C=O) groups excluding carboxylic acids is 2. The summed E-state index contributed by atoms with van der Waals surface area (Å²) < 4.78 is 0. The fraction of sp³-hybridized carbons (Fsp3) is 0.333. The number of rotatable bonds is 7. The van der Waals surface area contributed by atoms with Gasteiger partial charge in [0.25, 0.3) is 0 Å². The van der Waals surface area contributed by atoms with Crippen LogP contribution >= 0.6 is 12.4 Å². The predicted octanol–water partition coefficient (Wildman–Crippen LogP) is 2.94. The standard InChI is InChI=1S/C21H25N3O2.ClH/c22-19(16-7-2-1-3-8-16)13-20(25)23-12-6-11-21(26)24-14-17-9-4-5-10-18(17)15-24;/h1-5,7-10,19H,6,11-15,22H2,(H,23,25);1H. The van der Waals surface area contributed by atoms with E-state index in [0.717, 1.165) is 5.56 Å². The molecule has 2 aromatic rings. The molecule has 0 aromatic heterocycles. The van der Waals surface area contributed by atoms with Gasteiger partial charge in [-0.25, -0.2) is 0 Å². The molecular weight excluding hydrogens is 362 g/mol. The van der Waals surface area contributed by atoms with E-state index in [-0.39, 0.29) is 36.7 Å². The Labute approximate surface area is 166 Å². The average Bonchev–Trinajstić information content (AvgIpc) is 3.10. The Bertz CT molecular complexity index is 742. The Morgan fingerprint density at radius 3 is 2.22 bits per heavy atom. The summed E-state index contributed by atoms with van der Waals surface area (Å²) in [7, 11) is 0. The zero-order valence-corrected chi connectivity index (χ0v) is 16.1. The third-order valence-electron chi connectivity index (χ3n) is 4.72. The number of nitrogens with two attached hydrogens (primary N) is 1. The van der Waals surface area contributed by atoms with Gasteiger partial charge in [-0.1, -0.05) is 54.6 Å². The highest BCUT2D eigenvalue weighted by Gasteiger charge is 2.22. The largest absolute Gasteiger partial charge is 0.356 e. The van der Waals surface area contributed by atoms with Crippen LogP contribution in [0.3, 0.4) is 0 Å². The van der Waals surface area contributed by atoms with Crippen molar-refractivity contribution in [2.45, 2.75) is 38.4 Å². The summed E-state index contributed by atoms with van der Waals surface area (Å²) in [5.41, 5.74) is 9.45. The van der Waals surface area contributed by atoms with Crippen molar-refractivity contribution in [3.8, 4) is 0 Å². The van der Waals surface area contributed by atoms with Gasteiger partial charge in [0.05, 0.1) is 0 Å². The van der Waals surface area contributed by atoms with Gasteiger partial charge in [0.15, 0.2) is 0 Å². The molecule has 1 atom stereocenters. The van der Waals surface area contributed by atoms with E-state index in [4.69, 9.17) is 5.73 Å². The molecule has 6 heteroatoms. The van der Waals surface area contributed by atoms with Gasteiger partial charge in [-0.2, -0.15) is 0 Å². The van der Waals surface area contributed by atoms with Gasteiger partial charge in [0.2, 0.25) is 11.8 Å². The lowest BCUT2D eigenvalue weighted by Gasteiger charge is -2.15. The highest BCUT2D eigenvalue weighted by Crippen LogP contribution is 2.22. The molecule has 0 spiro atoms. The second-order valence-electron chi connectivity index (χ2n) is 6.69. The molecule has 2 aromatic carbocycles. The minimum atomic E-state index is -0.305. The summed E-state index contributed by atoms with van der Waals surface area (Å²) in [6.45, 7) is 1.87. The van der Waals surface area contributed by atoms with Crippen LogP contribution in [0.2, 0.25) is 0 Å². The van der Waals surface area contributed by atoms with Crippen LogP contribution in [0.5, 0.6) is 0 Å². The lowest BCUT2D eigenvalue weighted by atomic mass is 10.0. The van der Waals surface area contributed by atoms with E-state index in [1.54, 1.807) is 0 Å². The smallest absolute Gasteiger partial charge is 0.223 e. The molecule has 0 bridgehead atoms. The Balaban J connectivity index is 0.00000261. The number of hydrogen-bond donors (Lipinski definition) is 2. The van der Waals surface area contributed by atoms with Crippen LogP contribution in [0, 0.1) is 0 Å². The molecule has 0 saturated carbocycles. The van der Waals surface area contributed by atoms with Crippen molar-refractivity contribution in [1.29, 1.82) is 0 Å². The topological polar surface area (TPSA) is 75.4 Å². The molecule has 3 rings (SSSR count). The fourth-order valence-electron chi connectivity index (χ4n) is 3.23. The molecule has 1 aliphatic heterocycles. The maximum atomic E-state index is 12.3. The summed E-state index contributed by atoms with van der Waals surface area (Å²) in [4.78, 5) is 26.2. The van der Waals surface area contributed by atoms with Crippen molar-refractivity contribution >= 4 is 24.2 Å². The highest BCUT2D eigenvalue weighted by atomic mass is 35.5. The van der Waals surface area contributed by atoms with E-state index in [2.05, 4.69) is 17.4 Å². The van der Waals surface area contributed by atoms with Crippen LogP contribution in [0.15, 0.2) is 54.6 Å². The number of hydrogen-bond acceptors (Lipinski definition) is 3. The Morgan fingerprint density at radius 2 is 1.59 bits per heavy atom. The Morgan fingerprint density at radius 1 is 1.00 bits per heavy atom. The van der Waals surface area contributed by atoms with E-state index < -0.39 is 0 Å². The second-order valence-corrected chi connectivity index (χ2v) is 6.69. The van der Waals surface area contributed by atoms with Gasteiger partial charge in [-0.3, -0.25) is 9.59 Å². The van der Waals surface area contributed by atoms with Gasteiger partial charge in [-0.05, 0) is 23.1 Å². The van der Waals surface area contributed by atoms with E-state index in [1.165, 1.54) is 11.1 Å². The zero-order valence-electron chi connectivity index (χ0n) is 15.3. The molecule has 144 valence electrons. The maximum Gasteiger partial charge on any atom is 0.223 e. The number of amides is 2. The van der Waals surface area contributed by atoms with Crippen molar-refractivity contribution in [1.82, 2.24) is 10.2 Å². The van der Waals surface area contributed by atoms with Crippen molar-refractivity contribution in [3.05, 3.63) is 71.3 Å². The third kappa shape index (κ3) is 5.81. The van der Waals surface area contributed by atoms with E-state index in [1.807, 2.05) is 47.4 Å². The van der Waals surface area contributed by atoms with Crippen LogP contribution in [-0.2, 0) is 22.7 Å². The van der Waals surface area contributed by atoms with E-state index in [0.29, 0.717) is 32.5 Å². The fourth-order valence-corrected chi connectivity index (χ4v) is 3.23. The van der Waals surface area contributed by atoms with Crippen LogP contribution in [0.1, 0.15) is 42.0 Å². The molecule has 0 fully saturated rings. The molecule has 0 aliphatic carbocycles. The quantitative estimate of drug-likeness (QED) is 0.717. The molecular formula is C21H26ClN3O2. The SMILES string of the molecule is Cl.NC(CC(=O)NCCCC(=O)N1Cc2ccccc2C1)c1ccccc1. The van der Waals surface area contributed by atoms with Crippen LogP contribution in [0.25, 0.3) is 0 Å².